The number of nitrogens with zero attached hydrogens (tertiary/aromatic N) is 5. The normalized spacial score (nSPS) is 22.6. The number of hydrogen-bond donors (Lipinski definition) is 0. The summed E-state index contributed by atoms with van der Waals surface area (Å²) >= 11 is 1.57. The van der Waals surface area contributed by atoms with E-state index in [-0.39, 0.29) is 11.9 Å². The zero-order valence-corrected chi connectivity index (χ0v) is 17.9. The van der Waals surface area contributed by atoms with E-state index in [1.54, 1.807) is 11.3 Å². The van der Waals surface area contributed by atoms with Crippen LogP contribution in [0.1, 0.15) is 60.3 Å². The quantitative estimate of drug-likeness (QED) is 0.647. The topological polar surface area (TPSA) is 53.7 Å². The minimum atomic E-state index is 0.0217. The van der Waals surface area contributed by atoms with Crippen LogP contribution in [0.15, 0.2) is 29.1 Å². The summed E-state index contributed by atoms with van der Waals surface area (Å²) in [7, 11) is 0. The zero-order chi connectivity index (χ0) is 20.0. The molecular formula is C22H27N5OS. The molecule has 2 aliphatic heterocycles. The number of aromatic nitrogens is 3. The average Bonchev–Trinajstić information content (AvgIpc) is 3.47. The second-order valence-corrected chi connectivity index (χ2v) is 9.26. The van der Waals surface area contributed by atoms with Crippen LogP contribution in [0.3, 0.4) is 0 Å². The Hall–Kier alpha value is -2.41. The lowest BCUT2D eigenvalue weighted by Gasteiger charge is -2.34. The SMILES string of the molecule is Cc1cn2nc([C@@H]3CCCCN3C(=O)c3ccsc3)cc2nc1N1CC[C@H](C)C1. The summed E-state index contributed by atoms with van der Waals surface area (Å²) in [5, 5.41) is 8.74. The number of anilines is 1. The first-order valence-corrected chi connectivity index (χ1v) is 11.5. The van der Waals surface area contributed by atoms with Gasteiger partial charge < -0.3 is 9.80 Å². The van der Waals surface area contributed by atoms with Gasteiger partial charge in [-0.3, -0.25) is 4.79 Å². The van der Waals surface area contributed by atoms with Crippen LogP contribution in [-0.2, 0) is 0 Å². The number of amides is 1. The van der Waals surface area contributed by atoms with E-state index < -0.39 is 0 Å². The lowest BCUT2D eigenvalue weighted by Crippen LogP contribution is -2.38. The Labute approximate surface area is 175 Å². The predicted molar refractivity (Wildman–Crippen MR) is 116 cm³/mol. The van der Waals surface area contributed by atoms with E-state index in [9.17, 15) is 4.79 Å². The maximum atomic E-state index is 13.0. The van der Waals surface area contributed by atoms with E-state index in [2.05, 4.69) is 31.0 Å². The van der Waals surface area contributed by atoms with Crippen LogP contribution >= 0.6 is 11.3 Å². The first-order valence-electron chi connectivity index (χ1n) is 10.5. The Morgan fingerprint density at radius 1 is 1.24 bits per heavy atom. The van der Waals surface area contributed by atoms with Crippen LogP contribution in [0, 0.1) is 12.8 Å². The molecule has 2 saturated heterocycles. The van der Waals surface area contributed by atoms with Crippen LogP contribution in [-0.4, -0.2) is 45.0 Å². The van der Waals surface area contributed by atoms with Gasteiger partial charge in [-0.15, -0.1) is 0 Å². The van der Waals surface area contributed by atoms with Crippen molar-refractivity contribution in [2.45, 2.75) is 45.6 Å². The van der Waals surface area contributed by atoms with Crippen LogP contribution in [0.4, 0.5) is 5.82 Å². The molecular weight excluding hydrogens is 382 g/mol. The molecule has 3 aromatic heterocycles. The van der Waals surface area contributed by atoms with Crippen LogP contribution in [0.5, 0.6) is 0 Å². The predicted octanol–water partition coefficient (Wildman–Crippen LogP) is 4.31. The van der Waals surface area contributed by atoms with E-state index in [4.69, 9.17) is 10.1 Å². The van der Waals surface area contributed by atoms with Crippen LogP contribution in [0.25, 0.3) is 5.65 Å². The third kappa shape index (κ3) is 3.41. The van der Waals surface area contributed by atoms with Crippen LogP contribution in [0.2, 0.25) is 0 Å². The molecule has 0 aromatic carbocycles. The van der Waals surface area contributed by atoms with Gasteiger partial charge in [0.1, 0.15) is 5.82 Å². The molecule has 2 aliphatic rings. The third-order valence-corrected chi connectivity index (χ3v) is 6.90. The van der Waals surface area contributed by atoms with Crippen molar-refractivity contribution in [2.24, 2.45) is 5.92 Å². The average molecular weight is 410 g/mol. The Balaban J connectivity index is 1.48. The highest BCUT2D eigenvalue weighted by molar-refractivity contribution is 7.08. The molecule has 7 heteroatoms. The molecule has 0 bridgehead atoms. The Morgan fingerprint density at radius 3 is 2.90 bits per heavy atom. The maximum absolute atomic E-state index is 13.0. The number of hydrogen-bond acceptors (Lipinski definition) is 5. The summed E-state index contributed by atoms with van der Waals surface area (Å²) in [5.74, 6) is 1.90. The van der Waals surface area contributed by atoms with E-state index >= 15 is 0 Å². The maximum Gasteiger partial charge on any atom is 0.255 e. The zero-order valence-electron chi connectivity index (χ0n) is 17.0. The number of likely N-dealkylation sites (tertiary alicyclic amines) is 1. The lowest BCUT2D eigenvalue weighted by molar-refractivity contribution is 0.0606. The van der Waals surface area contributed by atoms with E-state index in [0.717, 1.165) is 67.2 Å². The molecule has 0 N–H and O–H groups in total. The van der Waals surface area contributed by atoms with Gasteiger partial charge >= 0.3 is 0 Å². The van der Waals surface area contributed by atoms with Gasteiger partial charge in [-0.2, -0.15) is 16.4 Å². The molecule has 1 amide bonds. The van der Waals surface area contributed by atoms with Gasteiger partial charge in [0.2, 0.25) is 0 Å². The second kappa shape index (κ2) is 7.44. The number of rotatable bonds is 3. The lowest BCUT2D eigenvalue weighted by atomic mass is 9.98. The third-order valence-electron chi connectivity index (χ3n) is 6.22. The van der Waals surface area contributed by atoms with Crippen LogP contribution < -0.4 is 4.90 Å². The Bertz CT molecular complexity index is 1030. The van der Waals surface area contributed by atoms with Crippen molar-refractivity contribution in [3.63, 3.8) is 0 Å². The minimum absolute atomic E-state index is 0.0217. The fourth-order valence-corrected chi connectivity index (χ4v) is 5.29. The molecule has 0 saturated carbocycles. The highest BCUT2D eigenvalue weighted by Crippen LogP contribution is 2.33. The van der Waals surface area contributed by atoms with E-state index in [0.29, 0.717) is 5.92 Å². The van der Waals surface area contributed by atoms with Crippen molar-refractivity contribution >= 4 is 28.7 Å². The first-order chi connectivity index (χ1) is 14.1. The van der Waals surface area contributed by atoms with Gasteiger partial charge in [0.15, 0.2) is 5.65 Å². The summed E-state index contributed by atoms with van der Waals surface area (Å²) in [5.41, 5.74) is 3.75. The molecule has 29 heavy (non-hydrogen) atoms. The van der Waals surface area contributed by atoms with E-state index in [1.165, 1.54) is 6.42 Å². The molecule has 0 spiro atoms. The van der Waals surface area contributed by atoms with Gasteiger partial charge in [-0.25, -0.2) is 9.50 Å². The molecule has 0 unspecified atom stereocenters. The number of piperidine rings is 1. The molecule has 2 fully saturated rings. The van der Waals surface area contributed by atoms with Crippen molar-refractivity contribution in [2.75, 3.05) is 24.5 Å². The fourth-order valence-electron chi connectivity index (χ4n) is 4.66. The smallest absolute Gasteiger partial charge is 0.255 e. The molecule has 2 atom stereocenters. The molecule has 0 radical (unpaired) electrons. The monoisotopic (exact) mass is 409 g/mol. The van der Waals surface area contributed by atoms with Gasteiger partial charge in [-0.05, 0) is 50.0 Å². The largest absolute Gasteiger partial charge is 0.356 e. The highest BCUT2D eigenvalue weighted by Gasteiger charge is 2.31. The summed E-state index contributed by atoms with van der Waals surface area (Å²) in [6, 6.07) is 4.01. The van der Waals surface area contributed by atoms with Crippen molar-refractivity contribution in [1.82, 2.24) is 19.5 Å². The highest BCUT2D eigenvalue weighted by atomic mass is 32.1. The van der Waals surface area contributed by atoms with Gasteiger partial charge in [0.05, 0.1) is 17.3 Å². The van der Waals surface area contributed by atoms with Crippen molar-refractivity contribution < 1.29 is 4.79 Å². The van der Waals surface area contributed by atoms with Gasteiger partial charge in [-0.1, -0.05) is 6.92 Å². The van der Waals surface area contributed by atoms with Crippen molar-refractivity contribution in [3.05, 3.63) is 45.9 Å². The van der Waals surface area contributed by atoms with Gasteiger partial charge in [0.25, 0.3) is 5.91 Å². The fraction of sp³-hybridized carbons (Fsp3) is 0.500. The molecule has 0 aliphatic carbocycles. The Morgan fingerprint density at radius 2 is 2.14 bits per heavy atom. The standard InChI is InChI=1S/C22H27N5OS/c1-15-6-9-25(12-15)21-16(2)13-27-20(23-21)11-18(24-27)19-5-3-4-8-26(19)22(28)17-7-10-29-14-17/h7,10-11,13-15,19H,3-6,8-9,12H2,1-2H3/t15-,19-/m0/s1. The van der Waals surface area contributed by atoms with E-state index in [1.807, 2.05) is 26.2 Å². The first kappa shape index (κ1) is 18.6. The molecule has 5 heterocycles. The molecule has 6 nitrogen and oxygen atoms in total. The number of carbonyl (C=O) groups is 1. The number of thiophene rings is 1. The number of fused-ring (bicyclic) bond motifs is 1. The summed E-state index contributed by atoms with van der Waals surface area (Å²) < 4.78 is 1.88. The molecule has 5 rings (SSSR count). The summed E-state index contributed by atoms with van der Waals surface area (Å²) in [6.07, 6.45) is 6.43. The minimum Gasteiger partial charge on any atom is -0.356 e. The number of carbonyl (C=O) groups excluding carboxylic acids is 1. The van der Waals surface area contributed by atoms with Crippen molar-refractivity contribution in [1.29, 1.82) is 0 Å². The Kier molecular flexibility index (Phi) is 4.78. The number of aryl methyl sites for hydroxylation is 1. The second-order valence-electron chi connectivity index (χ2n) is 8.48. The molecule has 3 aromatic rings. The summed E-state index contributed by atoms with van der Waals surface area (Å²) in [4.78, 5) is 22.4. The van der Waals surface area contributed by atoms with Crippen molar-refractivity contribution in [3.8, 4) is 0 Å². The molecule has 152 valence electrons. The summed E-state index contributed by atoms with van der Waals surface area (Å²) in [6.45, 7) is 7.33. The van der Waals surface area contributed by atoms with Gasteiger partial charge in [0, 0.05) is 42.8 Å².